The van der Waals surface area contributed by atoms with Crippen molar-refractivity contribution in [3.8, 4) is 5.75 Å². The third-order valence-corrected chi connectivity index (χ3v) is 15.3. The van der Waals surface area contributed by atoms with E-state index in [2.05, 4.69) is 88.2 Å². The van der Waals surface area contributed by atoms with E-state index < -0.39 is 8.32 Å². The second-order valence-corrected chi connectivity index (χ2v) is 18.5. The summed E-state index contributed by atoms with van der Waals surface area (Å²) in [5, 5.41) is 2.82. The summed E-state index contributed by atoms with van der Waals surface area (Å²) in [6, 6.07) is 16.4. The van der Waals surface area contributed by atoms with Gasteiger partial charge in [0.25, 0.3) is 0 Å². The van der Waals surface area contributed by atoms with Gasteiger partial charge in [-0.25, -0.2) is 0 Å². The Morgan fingerprint density at radius 1 is 0.944 bits per heavy atom. The lowest BCUT2D eigenvalue weighted by molar-refractivity contribution is 0.0482. The normalized spacial score (nSPS) is 29.9. The maximum atomic E-state index is 6.68. The van der Waals surface area contributed by atoms with Crippen molar-refractivity contribution in [3.05, 3.63) is 71.5 Å². The molecule has 2 fully saturated rings. The highest BCUT2D eigenvalue weighted by molar-refractivity contribution is 6.74. The minimum atomic E-state index is -1.81. The zero-order valence-electron chi connectivity index (χ0n) is 23.1. The van der Waals surface area contributed by atoms with Crippen molar-refractivity contribution < 1.29 is 4.43 Å². The number of benzene rings is 2. The predicted molar refractivity (Wildman–Crippen MR) is 153 cm³/mol. The number of aryl methyl sites for hydroxylation is 1. The molecule has 0 spiro atoms. The number of hydrogen-bond donors (Lipinski definition) is 0. The van der Waals surface area contributed by atoms with Crippen molar-refractivity contribution >= 4 is 19.1 Å². The van der Waals surface area contributed by atoms with Gasteiger partial charge in [-0.2, -0.15) is 0 Å². The molecule has 2 aromatic carbocycles. The summed E-state index contributed by atoms with van der Waals surface area (Å²) in [4.78, 5) is 4.39. The van der Waals surface area contributed by atoms with Gasteiger partial charge in [0, 0.05) is 17.8 Å². The van der Waals surface area contributed by atoms with Crippen LogP contribution in [0.4, 0.5) is 0 Å². The van der Waals surface area contributed by atoms with Gasteiger partial charge in [0.1, 0.15) is 5.75 Å². The smallest absolute Gasteiger partial charge is 0.250 e. The fourth-order valence-electron chi connectivity index (χ4n) is 7.94. The van der Waals surface area contributed by atoms with Crippen LogP contribution in [0.5, 0.6) is 5.75 Å². The van der Waals surface area contributed by atoms with Gasteiger partial charge in [-0.1, -0.05) is 45.9 Å². The molecule has 2 nitrogen and oxygen atoms in total. The molecule has 2 saturated carbocycles. The number of aromatic nitrogens is 1. The van der Waals surface area contributed by atoms with Crippen molar-refractivity contribution in [1.82, 2.24) is 4.98 Å². The van der Waals surface area contributed by atoms with Crippen LogP contribution in [0, 0.1) is 17.3 Å². The van der Waals surface area contributed by atoms with Crippen molar-refractivity contribution in [1.29, 1.82) is 0 Å². The Bertz CT molecular complexity index is 1290. The van der Waals surface area contributed by atoms with Crippen molar-refractivity contribution in [3.63, 3.8) is 0 Å². The molecule has 0 N–H and O–H groups in total. The zero-order chi connectivity index (χ0) is 25.3. The summed E-state index contributed by atoms with van der Waals surface area (Å²) < 4.78 is 6.68. The fourth-order valence-corrected chi connectivity index (χ4v) is 8.96. The van der Waals surface area contributed by atoms with Crippen molar-refractivity contribution in [2.24, 2.45) is 17.3 Å². The second kappa shape index (κ2) is 8.44. The van der Waals surface area contributed by atoms with Gasteiger partial charge in [-0.3, -0.25) is 4.98 Å². The van der Waals surface area contributed by atoms with Gasteiger partial charge in [0.05, 0.1) is 0 Å². The summed E-state index contributed by atoms with van der Waals surface area (Å²) >= 11 is 0. The molecule has 190 valence electrons. The van der Waals surface area contributed by atoms with Gasteiger partial charge in [0.15, 0.2) is 0 Å². The van der Waals surface area contributed by atoms with E-state index >= 15 is 0 Å². The van der Waals surface area contributed by atoms with E-state index in [4.69, 9.17) is 4.43 Å². The van der Waals surface area contributed by atoms with E-state index in [-0.39, 0.29) is 5.04 Å². The van der Waals surface area contributed by atoms with Gasteiger partial charge >= 0.3 is 0 Å². The number of pyridine rings is 1. The monoisotopic (exact) mass is 497 g/mol. The molecular weight excluding hydrogens is 454 g/mol. The van der Waals surface area contributed by atoms with E-state index in [0.29, 0.717) is 11.3 Å². The van der Waals surface area contributed by atoms with E-state index in [1.54, 1.807) is 16.7 Å². The van der Waals surface area contributed by atoms with Crippen LogP contribution in [-0.4, -0.2) is 13.3 Å². The molecule has 3 aromatic rings. The maximum Gasteiger partial charge on any atom is 0.250 e. The standard InChI is InChI=1S/C33H43NOSi/c1-32(2,3)36(5,6)35-26-10-12-27-23(20-26)9-11-29-28(27)15-17-33(4)30(13-14-31(29)33)24-8-7-22-16-18-34-21-25(22)19-24/h7-8,10,12,16,18-21,28-31H,9,11,13-15,17H2,1-6H3/t28-,29-,30-,31+,33-/m1/s1. The molecule has 1 heterocycles. The Morgan fingerprint density at radius 2 is 1.78 bits per heavy atom. The first-order valence-electron chi connectivity index (χ1n) is 14.2. The van der Waals surface area contributed by atoms with Crippen LogP contribution in [0.1, 0.15) is 88.3 Å². The molecular formula is C33H43NOSi. The average molecular weight is 498 g/mol. The molecule has 5 atom stereocenters. The third kappa shape index (κ3) is 3.84. The van der Waals surface area contributed by atoms with Gasteiger partial charge < -0.3 is 4.43 Å². The number of hydrogen-bond acceptors (Lipinski definition) is 2. The highest BCUT2D eigenvalue weighted by Gasteiger charge is 2.55. The summed E-state index contributed by atoms with van der Waals surface area (Å²) in [5.41, 5.74) is 5.16. The lowest BCUT2D eigenvalue weighted by atomic mass is 9.53. The lowest BCUT2D eigenvalue weighted by Crippen LogP contribution is -2.44. The van der Waals surface area contributed by atoms with Crippen LogP contribution in [0.25, 0.3) is 10.8 Å². The highest BCUT2D eigenvalue weighted by Crippen LogP contribution is 2.65. The Kier molecular flexibility index (Phi) is 5.68. The zero-order valence-corrected chi connectivity index (χ0v) is 24.1. The number of rotatable bonds is 3. The van der Waals surface area contributed by atoms with E-state index in [1.165, 1.54) is 49.3 Å². The first-order valence-corrected chi connectivity index (χ1v) is 17.1. The molecule has 3 aliphatic rings. The average Bonchev–Trinajstić information content (AvgIpc) is 3.19. The van der Waals surface area contributed by atoms with E-state index in [0.717, 1.165) is 23.5 Å². The molecule has 0 amide bonds. The first-order chi connectivity index (χ1) is 17.1. The SMILES string of the molecule is CC(C)(C)[Si](C)(C)Oc1ccc2c(c1)CC[C@@H]1[C@@H]2CC[C@]2(C)[C@@H](c3ccc4ccncc4c3)CC[C@@H]12. The molecule has 0 bridgehead atoms. The Labute approximate surface area is 219 Å². The summed E-state index contributed by atoms with van der Waals surface area (Å²) in [5.74, 6) is 4.17. The Morgan fingerprint density at radius 3 is 2.58 bits per heavy atom. The van der Waals surface area contributed by atoms with Crippen LogP contribution in [0.3, 0.4) is 0 Å². The van der Waals surface area contributed by atoms with E-state index in [9.17, 15) is 0 Å². The minimum Gasteiger partial charge on any atom is -0.543 e. The van der Waals surface area contributed by atoms with Gasteiger partial charge in [-0.05, 0) is 132 Å². The van der Waals surface area contributed by atoms with Crippen molar-refractivity contribution in [2.45, 2.75) is 96.2 Å². The Hall–Kier alpha value is -2.13. The summed E-state index contributed by atoms with van der Waals surface area (Å²) in [7, 11) is -1.81. The predicted octanol–water partition coefficient (Wildman–Crippen LogP) is 9.26. The van der Waals surface area contributed by atoms with Gasteiger partial charge in [-0.15, -0.1) is 0 Å². The molecule has 0 aliphatic heterocycles. The van der Waals surface area contributed by atoms with Crippen LogP contribution in [-0.2, 0) is 6.42 Å². The molecule has 0 saturated heterocycles. The molecule has 6 rings (SSSR count). The molecule has 3 aliphatic carbocycles. The fraction of sp³-hybridized carbons (Fsp3) is 0.545. The quantitative estimate of drug-likeness (QED) is 0.336. The second-order valence-electron chi connectivity index (χ2n) is 13.8. The van der Waals surface area contributed by atoms with E-state index in [1.807, 2.05) is 12.4 Å². The van der Waals surface area contributed by atoms with Crippen LogP contribution in [0.15, 0.2) is 54.9 Å². The number of fused-ring (bicyclic) bond motifs is 6. The first kappa shape index (κ1) is 24.2. The third-order valence-electron chi connectivity index (χ3n) is 10.9. The number of nitrogens with zero attached hydrogens (tertiary/aromatic N) is 1. The largest absolute Gasteiger partial charge is 0.543 e. The molecule has 0 radical (unpaired) electrons. The van der Waals surface area contributed by atoms with Crippen LogP contribution in [0.2, 0.25) is 18.1 Å². The highest BCUT2D eigenvalue weighted by atomic mass is 28.4. The molecule has 36 heavy (non-hydrogen) atoms. The minimum absolute atomic E-state index is 0.225. The maximum absolute atomic E-state index is 6.68. The molecule has 1 aromatic heterocycles. The van der Waals surface area contributed by atoms with Crippen molar-refractivity contribution in [2.75, 3.05) is 0 Å². The van der Waals surface area contributed by atoms with Crippen LogP contribution >= 0.6 is 0 Å². The Balaban J connectivity index is 1.25. The molecule has 0 unspecified atom stereocenters. The topological polar surface area (TPSA) is 22.1 Å². The lowest BCUT2D eigenvalue weighted by Gasteiger charge is -2.51. The van der Waals surface area contributed by atoms with Crippen LogP contribution < -0.4 is 4.43 Å². The summed E-state index contributed by atoms with van der Waals surface area (Å²) in [6.45, 7) is 14.3. The summed E-state index contributed by atoms with van der Waals surface area (Å²) in [6.07, 6.45) is 11.9. The van der Waals surface area contributed by atoms with Gasteiger partial charge in [0.2, 0.25) is 8.32 Å². The molecule has 3 heteroatoms.